The van der Waals surface area contributed by atoms with Crippen LogP contribution in [0.25, 0.3) is 0 Å². The summed E-state index contributed by atoms with van der Waals surface area (Å²) in [7, 11) is 0. The van der Waals surface area contributed by atoms with Crippen LogP contribution in [0.1, 0.15) is 25.3 Å². The summed E-state index contributed by atoms with van der Waals surface area (Å²) in [5, 5.41) is 16.5. The highest BCUT2D eigenvalue weighted by molar-refractivity contribution is 6.30. The average molecular weight is 390 g/mol. The molecule has 0 aliphatic heterocycles. The summed E-state index contributed by atoms with van der Waals surface area (Å²) in [6.07, 6.45) is 1.26. The molecule has 0 saturated carbocycles. The van der Waals surface area contributed by atoms with Crippen LogP contribution in [0.2, 0.25) is 5.02 Å². The molecule has 2 aromatic rings. The van der Waals surface area contributed by atoms with Crippen molar-refractivity contribution in [1.82, 2.24) is 5.43 Å². The van der Waals surface area contributed by atoms with Gasteiger partial charge >= 0.3 is 0 Å². The second-order valence-electron chi connectivity index (χ2n) is 5.50. The Morgan fingerprint density at radius 3 is 2.56 bits per heavy atom. The van der Waals surface area contributed by atoms with E-state index in [4.69, 9.17) is 16.3 Å². The zero-order valence-electron chi connectivity index (χ0n) is 14.7. The lowest BCUT2D eigenvalue weighted by Gasteiger charge is -2.07. The molecule has 0 aliphatic carbocycles. The maximum atomic E-state index is 11.9. The van der Waals surface area contributed by atoms with Crippen molar-refractivity contribution in [3.8, 4) is 11.5 Å². The molecule has 0 atom stereocenters. The van der Waals surface area contributed by atoms with E-state index in [0.29, 0.717) is 22.9 Å². The Bertz CT molecular complexity index is 822. The monoisotopic (exact) mass is 389 g/mol. The molecule has 0 saturated heterocycles. The molecule has 0 radical (unpaired) electrons. The highest BCUT2D eigenvalue weighted by Crippen LogP contribution is 2.19. The number of benzene rings is 2. The first-order valence-electron chi connectivity index (χ1n) is 8.31. The minimum absolute atomic E-state index is 0.00729. The van der Waals surface area contributed by atoms with Crippen molar-refractivity contribution in [3.05, 3.63) is 53.1 Å². The van der Waals surface area contributed by atoms with Gasteiger partial charge in [0.2, 0.25) is 11.8 Å². The van der Waals surface area contributed by atoms with Gasteiger partial charge < -0.3 is 15.2 Å². The molecule has 3 N–H and O–H groups in total. The molecule has 8 heteroatoms. The number of nitrogens with one attached hydrogen (secondary N) is 2. The zero-order chi connectivity index (χ0) is 19.6. The average Bonchev–Trinajstić information content (AvgIpc) is 2.65. The number of aromatic hydroxyl groups is 1. The smallest absolute Gasteiger partial charge is 0.240 e. The fraction of sp³-hybridized carbons (Fsp3) is 0.211. The summed E-state index contributed by atoms with van der Waals surface area (Å²) < 4.78 is 5.33. The first kappa shape index (κ1) is 20.3. The van der Waals surface area contributed by atoms with E-state index in [2.05, 4.69) is 15.8 Å². The van der Waals surface area contributed by atoms with Crippen molar-refractivity contribution in [2.75, 3.05) is 11.9 Å². The van der Waals surface area contributed by atoms with E-state index < -0.39 is 5.91 Å². The van der Waals surface area contributed by atoms with Crippen LogP contribution in [0.4, 0.5) is 5.69 Å². The number of hydrogen-bond donors (Lipinski definition) is 3. The van der Waals surface area contributed by atoms with Crippen molar-refractivity contribution >= 4 is 35.3 Å². The fourth-order valence-electron chi connectivity index (χ4n) is 2.11. The Balaban J connectivity index is 1.75. The number of anilines is 1. The molecule has 0 spiro atoms. The summed E-state index contributed by atoms with van der Waals surface area (Å²) in [6, 6.07) is 11.4. The molecular formula is C19H20ClN3O4. The molecular weight excluding hydrogens is 370 g/mol. The standard InChI is InChI=1S/C19H20ClN3O4/c1-2-27-16-6-4-15(5-7-16)22-18(25)9-10-19(26)23-21-12-13-11-14(20)3-8-17(13)24/h3-8,11-12,24H,2,9-10H2,1H3,(H,22,25)(H,23,26)/b21-12-. The van der Waals surface area contributed by atoms with Gasteiger partial charge in [-0.05, 0) is 49.4 Å². The summed E-state index contributed by atoms with van der Waals surface area (Å²) in [5.41, 5.74) is 3.29. The van der Waals surface area contributed by atoms with Crippen LogP contribution in [-0.2, 0) is 9.59 Å². The molecule has 0 heterocycles. The zero-order valence-corrected chi connectivity index (χ0v) is 15.5. The predicted molar refractivity (Wildman–Crippen MR) is 104 cm³/mol. The number of ether oxygens (including phenoxy) is 1. The Morgan fingerprint density at radius 2 is 1.85 bits per heavy atom. The molecule has 142 valence electrons. The number of hydrazone groups is 1. The number of phenols is 1. The van der Waals surface area contributed by atoms with Gasteiger partial charge in [0, 0.05) is 29.1 Å². The lowest BCUT2D eigenvalue weighted by atomic mass is 10.2. The number of carbonyl (C=O) groups is 2. The van der Waals surface area contributed by atoms with Gasteiger partial charge in [-0.1, -0.05) is 11.6 Å². The van der Waals surface area contributed by atoms with E-state index in [-0.39, 0.29) is 24.5 Å². The van der Waals surface area contributed by atoms with Gasteiger partial charge in [0.25, 0.3) is 0 Å². The van der Waals surface area contributed by atoms with Crippen molar-refractivity contribution in [1.29, 1.82) is 0 Å². The van der Waals surface area contributed by atoms with E-state index in [1.807, 2.05) is 6.92 Å². The largest absolute Gasteiger partial charge is 0.507 e. The van der Waals surface area contributed by atoms with Crippen molar-refractivity contribution in [2.24, 2.45) is 5.10 Å². The molecule has 27 heavy (non-hydrogen) atoms. The van der Waals surface area contributed by atoms with Gasteiger partial charge in [-0.2, -0.15) is 5.10 Å². The summed E-state index contributed by atoms with van der Waals surface area (Å²) >= 11 is 5.82. The number of hydrogen-bond acceptors (Lipinski definition) is 5. The Labute approximate surface area is 162 Å². The van der Waals surface area contributed by atoms with Crippen molar-refractivity contribution in [3.63, 3.8) is 0 Å². The third kappa shape index (κ3) is 6.99. The van der Waals surface area contributed by atoms with Crippen LogP contribution in [0.3, 0.4) is 0 Å². The number of rotatable bonds is 8. The fourth-order valence-corrected chi connectivity index (χ4v) is 2.29. The topological polar surface area (TPSA) is 100 Å². The second-order valence-corrected chi connectivity index (χ2v) is 5.94. The number of carbonyl (C=O) groups excluding carboxylic acids is 2. The summed E-state index contributed by atoms with van der Waals surface area (Å²) in [6.45, 7) is 2.46. The number of phenolic OH excluding ortho intramolecular Hbond substituents is 1. The lowest BCUT2D eigenvalue weighted by Crippen LogP contribution is -2.20. The number of nitrogens with zero attached hydrogens (tertiary/aromatic N) is 1. The van der Waals surface area contributed by atoms with Gasteiger partial charge in [0.15, 0.2) is 0 Å². The quantitative estimate of drug-likeness (QED) is 0.476. The van der Waals surface area contributed by atoms with E-state index in [1.54, 1.807) is 24.3 Å². The Kier molecular flexibility index (Phi) is 7.63. The summed E-state index contributed by atoms with van der Waals surface area (Å²) in [4.78, 5) is 23.6. The van der Waals surface area contributed by atoms with Crippen LogP contribution >= 0.6 is 11.6 Å². The SMILES string of the molecule is CCOc1ccc(NC(=O)CCC(=O)N/N=C\c2cc(Cl)ccc2O)cc1. The van der Waals surface area contributed by atoms with E-state index in [9.17, 15) is 14.7 Å². The Hall–Kier alpha value is -3.06. The van der Waals surface area contributed by atoms with Gasteiger partial charge in [0.1, 0.15) is 11.5 Å². The minimum atomic E-state index is -0.422. The predicted octanol–water partition coefficient (Wildman–Crippen LogP) is 3.31. The molecule has 0 fully saturated rings. The highest BCUT2D eigenvalue weighted by atomic mass is 35.5. The Morgan fingerprint density at radius 1 is 1.15 bits per heavy atom. The van der Waals surface area contributed by atoms with Crippen LogP contribution in [-0.4, -0.2) is 29.7 Å². The third-order valence-electron chi connectivity index (χ3n) is 3.41. The molecule has 2 aromatic carbocycles. The van der Waals surface area contributed by atoms with Crippen LogP contribution in [0.15, 0.2) is 47.6 Å². The normalized spacial score (nSPS) is 10.6. The van der Waals surface area contributed by atoms with Crippen molar-refractivity contribution in [2.45, 2.75) is 19.8 Å². The van der Waals surface area contributed by atoms with Gasteiger partial charge in [-0.25, -0.2) is 5.43 Å². The molecule has 0 aliphatic rings. The van der Waals surface area contributed by atoms with Crippen molar-refractivity contribution < 1.29 is 19.4 Å². The summed E-state index contributed by atoms with van der Waals surface area (Å²) in [5.74, 6) is 0.00555. The molecule has 0 bridgehead atoms. The van der Waals surface area contributed by atoms with Crippen LogP contribution in [0, 0.1) is 0 Å². The maximum absolute atomic E-state index is 11.9. The molecule has 2 rings (SSSR count). The first-order chi connectivity index (χ1) is 13.0. The molecule has 0 aromatic heterocycles. The first-order valence-corrected chi connectivity index (χ1v) is 8.69. The number of amides is 2. The lowest BCUT2D eigenvalue weighted by molar-refractivity contribution is -0.124. The van der Waals surface area contributed by atoms with E-state index in [0.717, 1.165) is 5.75 Å². The van der Waals surface area contributed by atoms with Gasteiger partial charge in [0.05, 0.1) is 12.8 Å². The minimum Gasteiger partial charge on any atom is -0.507 e. The third-order valence-corrected chi connectivity index (χ3v) is 3.65. The van der Waals surface area contributed by atoms with Gasteiger partial charge in [-0.3, -0.25) is 9.59 Å². The van der Waals surface area contributed by atoms with E-state index >= 15 is 0 Å². The molecule has 0 unspecified atom stereocenters. The van der Waals surface area contributed by atoms with Gasteiger partial charge in [-0.15, -0.1) is 0 Å². The maximum Gasteiger partial charge on any atom is 0.240 e. The molecule has 7 nitrogen and oxygen atoms in total. The van der Waals surface area contributed by atoms with Crippen LogP contribution < -0.4 is 15.5 Å². The molecule has 2 amide bonds. The number of halogens is 1. The van der Waals surface area contributed by atoms with E-state index in [1.165, 1.54) is 24.4 Å². The second kappa shape index (κ2) is 10.2. The highest BCUT2D eigenvalue weighted by Gasteiger charge is 2.07. The van der Waals surface area contributed by atoms with Crippen LogP contribution in [0.5, 0.6) is 11.5 Å².